The molecule has 0 aliphatic rings. The van der Waals surface area contributed by atoms with E-state index in [1.54, 1.807) is 0 Å². The number of nitrogen functional groups attached to an aromatic ring is 1. The monoisotopic (exact) mass is 328 g/mol. The summed E-state index contributed by atoms with van der Waals surface area (Å²) < 4.78 is 1.06. The molecule has 0 spiro atoms. The number of nitrogens with one attached hydrogen (secondary N) is 1. The van der Waals surface area contributed by atoms with Crippen molar-refractivity contribution in [3.05, 3.63) is 64.4 Å². The molecule has 3 N–H and O–H groups in total. The van der Waals surface area contributed by atoms with E-state index < -0.39 is 0 Å². The van der Waals surface area contributed by atoms with Gasteiger partial charge in [0.05, 0.1) is 0 Å². The zero-order chi connectivity index (χ0) is 13.9. The molecule has 0 amide bonds. The zero-order valence-electron chi connectivity index (χ0n) is 10.7. The van der Waals surface area contributed by atoms with E-state index in [9.17, 15) is 0 Å². The van der Waals surface area contributed by atoms with Crippen LogP contribution in [0.2, 0.25) is 0 Å². The number of anilines is 1. The molecular formula is C15H13BrN4. The van der Waals surface area contributed by atoms with E-state index in [0.29, 0.717) is 5.82 Å². The fraction of sp³-hybridized carbons (Fsp3) is 0.0667. The molecule has 0 radical (unpaired) electrons. The molecule has 0 bridgehead atoms. The maximum atomic E-state index is 5.67. The van der Waals surface area contributed by atoms with Gasteiger partial charge in [-0.05, 0) is 42.0 Å². The average molecular weight is 329 g/mol. The molecule has 0 saturated heterocycles. The number of nitrogens with two attached hydrogens (primary N) is 1. The first-order valence-electron chi connectivity index (χ1n) is 6.22. The van der Waals surface area contributed by atoms with E-state index in [0.717, 1.165) is 28.0 Å². The normalized spacial score (nSPS) is 10.7. The Labute approximate surface area is 125 Å². The van der Waals surface area contributed by atoms with Crippen molar-refractivity contribution < 1.29 is 0 Å². The lowest BCUT2D eigenvalue weighted by Crippen LogP contribution is -1.90. The molecule has 0 unspecified atom stereocenters. The van der Waals surface area contributed by atoms with Crippen LogP contribution in [0.1, 0.15) is 11.4 Å². The van der Waals surface area contributed by atoms with Gasteiger partial charge >= 0.3 is 0 Å². The number of halogens is 1. The van der Waals surface area contributed by atoms with Gasteiger partial charge in [-0.15, -0.1) is 0 Å². The van der Waals surface area contributed by atoms with Crippen molar-refractivity contribution in [3.63, 3.8) is 0 Å². The lowest BCUT2D eigenvalue weighted by Gasteiger charge is -1.98. The van der Waals surface area contributed by atoms with Crippen LogP contribution in [0.25, 0.3) is 11.4 Å². The van der Waals surface area contributed by atoms with Crippen LogP contribution >= 0.6 is 15.9 Å². The minimum atomic E-state index is 0.690. The summed E-state index contributed by atoms with van der Waals surface area (Å²) in [6, 6.07) is 15.7. The zero-order valence-corrected chi connectivity index (χ0v) is 12.3. The molecule has 1 heterocycles. The van der Waals surface area contributed by atoms with Gasteiger partial charge in [-0.3, -0.25) is 5.10 Å². The Morgan fingerprint density at radius 3 is 2.65 bits per heavy atom. The van der Waals surface area contributed by atoms with E-state index in [4.69, 9.17) is 5.73 Å². The van der Waals surface area contributed by atoms with Gasteiger partial charge in [-0.2, -0.15) is 5.10 Å². The van der Waals surface area contributed by atoms with Gasteiger partial charge in [-0.25, -0.2) is 4.98 Å². The molecule has 2 aromatic carbocycles. The molecule has 3 rings (SSSR count). The average Bonchev–Trinajstić information content (AvgIpc) is 2.88. The Morgan fingerprint density at radius 2 is 1.90 bits per heavy atom. The summed E-state index contributed by atoms with van der Waals surface area (Å²) >= 11 is 3.47. The second-order valence-corrected chi connectivity index (χ2v) is 5.45. The van der Waals surface area contributed by atoms with Crippen LogP contribution in [-0.2, 0) is 6.42 Å². The third-order valence-electron chi connectivity index (χ3n) is 2.96. The van der Waals surface area contributed by atoms with Crippen LogP contribution in [0, 0.1) is 0 Å². The summed E-state index contributed by atoms with van der Waals surface area (Å²) in [6.07, 6.45) is 0.724. The molecule has 3 aromatic rings. The molecule has 0 aliphatic carbocycles. The fourth-order valence-corrected chi connectivity index (χ4v) is 2.42. The van der Waals surface area contributed by atoms with E-state index in [-0.39, 0.29) is 0 Å². The molecule has 1 aromatic heterocycles. The molecule has 20 heavy (non-hydrogen) atoms. The predicted octanol–water partition coefficient (Wildman–Crippen LogP) is 3.41. The summed E-state index contributed by atoms with van der Waals surface area (Å²) in [5.74, 6) is 1.53. The maximum absolute atomic E-state index is 5.67. The molecule has 5 heteroatoms. The van der Waals surface area contributed by atoms with Gasteiger partial charge in [0, 0.05) is 22.1 Å². The van der Waals surface area contributed by atoms with Gasteiger partial charge in [0.25, 0.3) is 0 Å². The lowest BCUT2D eigenvalue weighted by molar-refractivity contribution is 0.972. The first-order chi connectivity index (χ1) is 9.70. The minimum Gasteiger partial charge on any atom is -0.399 e. The first kappa shape index (κ1) is 12.9. The second-order valence-electron chi connectivity index (χ2n) is 4.53. The molecule has 4 nitrogen and oxygen atoms in total. The van der Waals surface area contributed by atoms with Crippen molar-refractivity contribution in [3.8, 4) is 11.4 Å². The number of nitrogens with zero attached hydrogens (tertiary/aromatic N) is 2. The van der Waals surface area contributed by atoms with Crippen molar-refractivity contribution in [2.24, 2.45) is 0 Å². The summed E-state index contributed by atoms with van der Waals surface area (Å²) in [5.41, 5.74) is 8.54. The Morgan fingerprint density at radius 1 is 1.10 bits per heavy atom. The summed E-state index contributed by atoms with van der Waals surface area (Å²) in [5, 5.41) is 7.23. The topological polar surface area (TPSA) is 67.6 Å². The first-order valence-corrected chi connectivity index (χ1v) is 7.01. The Kier molecular flexibility index (Phi) is 3.52. The number of hydrogen-bond donors (Lipinski definition) is 2. The highest BCUT2D eigenvalue weighted by Crippen LogP contribution is 2.18. The SMILES string of the molecule is Nc1ccc(-c2n[nH]c(Cc3cccc(Br)c3)n2)cc1. The second kappa shape index (κ2) is 5.46. The lowest BCUT2D eigenvalue weighted by atomic mass is 10.1. The van der Waals surface area contributed by atoms with Crippen LogP contribution in [0.4, 0.5) is 5.69 Å². The molecule has 0 atom stereocenters. The Balaban J connectivity index is 1.82. The van der Waals surface area contributed by atoms with Crippen LogP contribution in [0.15, 0.2) is 53.0 Å². The van der Waals surface area contributed by atoms with Crippen LogP contribution in [-0.4, -0.2) is 15.2 Å². The number of benzene rings is 2. The Hall–Kier alpha value is -2.14. The fourth-order valence-electron chi connectivity index (χ4n) is 1.98. The molecule has 0 aliphatic heterocycles. The van der Waals surface area contributed by atoms with E-state index in [1.165, 1.54) is 5.56 Å². The van der Waals surface area contributed by atoms with Crippen molar-refractivity contribution in [1.82, 2.24) is 15.2 Å². The quantitative estimate of drug-likeness (QED) is 0.724. The van der Waals surface area contributed by atoms with Gasteiger partial charge < -0.3 is 5.73 Å². The number of aromatic amines is 1. The van der Waals surface area contributed by atoms with Crippen molar-refractivity contribution in [1.29, 1.82) is 0 Å². The Bertz CT molecular complexity index is 719. The smallest absolute Gasteiger partial charge is 0.181 e. The highest BCUT2D eigenvalue weighted by atomic mass is 79.9. The van der Waals surface area contributed by atoms with Crippen LogP contribution in [0.3, 0.4) is 0 Å². The molecule has 100 valence electrons. The summed E-state index contributed by atoms with van der Waals surface area (Å²) in [7, 11) is 0. The van der Waals surface area contributed by atoms with Gasteiger partial charge in [0.15, 0.2) is 5.82 Å². The van der Waals surface area contributed by atoms with Crippen LogP contribution in [0.5, 0.6) is 0 Å². The number of H-pyrrole nitrogens is 1. The standard InChI is InChI=1S/C15H13BrN4/c16-12-3-1-2-10(8-12)9-14-18-15(20-19-14)11-4-6-13(17)7-5-11/h1-8H,9,17H2,(H,18,19,20). The van der Waals surface area contributed by atoms with Gasteiger partial charge in [0.2, 0.25) is 0 Å². The highest BCUT2D eigenvalue weighted by Gasteiger charge is 2.06. The third-order valence-corrected chi connectivity index (χ3v) is 3.45. The third kappa shape index (κ3) is 2.88. The van der Waals surface area contributed by atoms with Gasteiger partial charge in [-0.1, -0.05) is 28.1 Å². The van der Waals surface area contributed by atoms with Crippen molar-refractivity contribution in [2.75, 3.05) is 5.73 Å². The van der Waals surface area contributed by atoms with Crippen molar-refractivity contribution in [2.45, 2.75) is 6.42 Å². The summed E-state index contributed by atoms with van der Waals surface area (Å²) in [6.45, 7) is 0. The van der Waals surface area contributed by atoms with Crippen molar-refractivity contribution >= 4 is 21.6 Å². The maximum Gasteiger partial charge on any atom is 0.181 e. The number of rotatable bonds is 3. The largest absolute Gasteiger partial charge is 0.399 e. The van der Waals surface area contributed by atoms with E-state index in [1.807, 2.05) is 36.4 Å². The predicted molar refractivity (Wildman–Crippen MR) is 83.2 cm³/mol. The van der Waals surface area contributed by atoms with E-state index >= 15 is 0 Å². The van der Waals surface area contributed by atoms with E-state index in [2.05, 4.69) is 43.2 Å². The van der Waals surface area contributed by atoms with Gasteiger partial charge in [0.1, 0.15) is 5.82 Å². The summed E-state index contributed by atoms with van der Waals surface area (Å²) in [4.78, 5) is 4.51. The number of aromatic nitrogens is 3. The molecule has 0 saturated carbocycles. The minimum absolute atomic E-state index is 0.690. The molecular weight excluding hydrogens is 316 g/mol. The molecule has 0 fully saturated rings. The van der Waals surface area contributed by atoms with Crippen LogP contribution < -0.4 is 5.73 Å². The highest BCUT2D eigenvalue weighted by molar-refractivity contribution is 9.10. The number of hydrogen-bond acceptors (Lipinski definition) is 3.